The topological polar surface area (TPSA) is 39.8 Å². The monoisotopic (exact) mass is 433 g/mol. The van der Waals surface area contributed by atoms with Gasteiger partial charge in [-0.05, 0) is 23.8 Å². The molecule has 0 aliphatic heterocycles. The van der Waals surface area contributed by atoms with E-state index in [1.54, 1.807) is 48.5 Å². The van der Waals surface area contributed by atoms with Crippen molar-refractivity contribution in [3.05, 3.63) is 100 Å². The molecule has 0 saturated heterocycles. The minimum atomic E-state index is -4.66. The summed E-state index contributed by atoms with van der Waals surface area (Å²) in [5, 5.41) is 0.341. The summed E-state index contributed by atoms with van der Waals surface area (Å²) >= 11 is 0. The van der Waals surface area contributed by atoms with Crippen LogP contribution < -0.4 is 5.56 Å². The molecule has 0 radical (unpaired) electrons. The van der Waals surface area contributed by atoms with Crippen molar-refractivity contribution in [2.45, 2.75) is 12.7 Å². The first-order valence-corrected chi connectivity index (χ1v) is 10.0. The fraction of sp³-hybridized carbons (Fsp3) is 0.120. The molecule has 0 aliphatic carbocycles. The number of aryl methyl sites for hydroxylation is 1. The van der Waals surface area contributed by atoms with Crippen LogP contribution in [0.3, 0.4) is 0 Å². The molecule has 0 unspecified atom stereocenters. The first-order chi connectivity index (χ1) is 15.4. The maximum Gasteiger partial charge on any atom is 0.432 e. The zero-order valence-corrected chi connectivity index (χ0v) is 17.1. The van der Waals surface area contributed by atoms with E-state index in [-0.39, 0.29) is 17.8 Å². The fourth-order valence-electron chi connectivity index (χ4n) is 4.24. The molecule has 5 rings (SSSR count). The van der Waals surface area contributed by atoms with Crippen LogP contribution >= 0.6 is 0 Å². The lowest BCUT2D eigenvalue weighted by Crippen LogP contribution is -2.25. The third-order valence-electron chi connectivity index (χ3n) is 5.65. The Balaban J connectivity index is 1.89. The van der Waals surface area contributed by atoms with Crippen molar-refractivity contribution in [2.24, 2.45) is 7.05 Å². The van der Waals surface area contributed by atoms with E-state index in [0.29, 0.717) is 21.9 Å². The quantitative estimate of drug-likeness (QED) is 0.370. The Morgan fingerprint density at radius 1 is 0.844 bits per heavy atom. The zero-order chi connectivity index (χ0) is 22.5. The number of aromatic nitrogens is 3. The number of nitrogens with zero attached hydrogens (tertiary/aromatic N) is 3. The highest BCUT2D eigenvalue weighted by molar-refractivity contribution is 5.98. The summed E-state index contributed by atoms with van der Waals surface area (Å²) in [5.74, 6) is 0. The number of para-hydroxylation sites is 3. The molecular weight excluding hydrogens is 415 g/mol. The third kappa shape index (κ3) is 3.17. The highest BCUT2D eigenvalue weighted by Crippen LogP contribution is 2.41. The fourth-order valence-corrected chi connectivity index (χ4v) is 4.24. The summed E-state index contributed by atoms with van der Waals surface area (Å²) in [4.78, 5) is 18.1. The molecule has 160 valence electrons. The Morgan fingerprint density at radius 2 is 1.47 bits per heavy atom. The van der Waals surface area contributed by atoms with Gasteiger partial charge in [-0.2, -0.15) is 13.2 Å². The van der Waals surface area contributed by atoms with Gasteiger partial charge in [0.1, 0.15) is 11.4 Å². The van der Waals surface area contributed by atoms with Crippen LogP contribution in [0.15, 0.2) is 83.7 Å². The number of alkyl halides is 3. The Labute approximate surface area is 181 Å². The summed E-state index contributed by atoms with van der Waals surface area (Å²) in [5.41, 5.74) is 0.443. The van der Waals surface area contributed by atoms with E-state index < -0.39 is 17.4 Å². The summed E-state index contributed by atoms with van der Waals surface area (Å²) in [6.45, 7) is 0.224. The number of halogens is 3. The van der Waals surface area contributed by atoms with Crippen LogP contribution in [0.1, 0.15) is 11.3 Å². The Kier molecular flexibility index (Phi) is 4.62. The van der Waals surface area contributed by atoms with E-state index in [4.69, 9.17) is 0 Å². The van der Waals surface area contributed by atoms with Gasteiger partial charge >= 0.3 is 6.18 Å². The maximum absolute atomic E-state index is 14.2. The molecule has 0 bridgehead atoms. The molecule has 2 aromatic heterocycles. The van der Waals surface area contributed by atoms with E-state index in [0.717, 1.165) is 10.1 Å². The highest BCUT2D eigenvalue weighted by Gasteiger charge is 2.40. The lowest BCUT2D eigenvalue weighted by Gasteiger charge is -2.15. The second-order valence-electron chi connectivity index (χ2n) is 7.62. The normalized spacial score (nSPS) is 12.0. The van der Waals surface area contributed by atoms with Crippen LogP contribution in [0.25, 0.3) is 33.2 Å². The number of rotatable bonds is 3. The number of hydrogen-bond donors (Lipinski definition) is 0. The molecule has 0 N–H and O–H groups in total. The van der Waals surface area contributed by atoms with E-state index in [2.05, 4.69) is 4.98 Å². The van der Waals surface area contributed by atoms with Crippen molar-refractivity contribution in [1.29, 1.82) is 0 Å². The predicted octanol–water partition coefficient (Wildman–Crippen LogP) is 5.62. The second kappa shape index (κ2) is 7.37. The van der Waals surface area contributed by atoms with Crippen LogP contribution in [-0.4, -0.2) is 14.1 Å². The maximum atomic E-state index is 14.2. The molecular formula is C25H18F3N3O. The molecule has 0 spiro atoms. The number of hydrogen-bond acceptors (Lipinski definition) is 2. The molecule has 2 heterocycles. The molecule has 0 fully saturated rings. The summed E-state index contributed by atoms with van der Waals surface area (Å²) in [6, 6.07) is 22.9. The van der Waals surface area contributed by atoms with Gasteiger partial charge in [-0.15, -0.1) is 0 Å². The molecule has 0 aliphatic rings. The molecule has 7 heteroatoms. The zero-order valence-electron chi connectivity index (χ0n) is 17.1. The van der Waals surface area contributed by atoms with Gasteiger partial charge in [-0.3, -0.25) is 4.79 Å². The van der Waals surface area contributed by atoms with Gasteiger partial charge in [0.2, 0.25) is 0 Å². The average molecular weight is 433 g/mol. The molecule has 32 heavy (non-hydrogen) atoms. The van der Waals surface area contributed by atoms with Gasteiger partial charge in [0, 0.05) is 23.5 Å². The first kappa shape index (κ1) is 20.1. The van der Waals surface area contributed by atoms with Crippen molar-refractivity contribution in [2.75, 3.05) is 0 Å². The number of fused-ring (bicyclic) bond motifs is 2. The predicted molar refractivity (Wildman–Crippen MR) is 118 cm³/mol. The van der Waals surface area contributed by atoms with Gasteiger partial charge < -0.3 is 9.13 Å². The summed E-state index contributed by atoms with van der Waals surface area (Å²) in [6.07, 6.45) is -4.66. The minimum Gasteiger partial charge on any atom is -0.340 e. The van der Waals surface area contributed by atoms with Crippen molar-refractivity contribution in [1.82, 2.24) is 14.1 Å². The van der Waals surface area contributed by atoms with Crippen LogP contribution in [0.4, 0.5) is 13.2 Å². The van der Waals surface area contributed by atoms with Gasteiger partial charge in [-0.1, -0.05) is 60.7 Å². The van der Waals surface area contributed by atoms with Crippen LogP contribution in [0.5, 0.6) is 0 Å². The Morgan fingerprint density at radius 3 is 2.19 bits per heavy atom. The largest absolute Gasteiger partial charge is 0.432 e. The smallest absolute Gasteiger partial charge is 0.340 e. The van der Waals surface area contributed by atoms with Gasteiger partial charge in [-0.25, -0.2) is 4.98 Å². The average Bonchev–Trinajstić information content (AvgIpc) is 3.09. The van der Waals surface area contributed by atoms with Crippen molar-refractivity contribution >= 4 is 21.9 Å². The molecule has 0 amide bonds. The number of benzene rings is 3. The van der Waals surface area contributed by atoms with Gasteiger partial charge in [0.25, 0.3) is 5.56 Å². The Bertz CT molecular complexity index is 1520. The SMILES string of the molecule is Cn1c(C(F)(F)F)c(-c2nc3ccccc3n(Cc3ccccc3)c2=O)c2ccccc21. The van der Waals surface area contributed by atoms with Crippen LogP contribution in [0.2, 0.25) is 0 Å². The van der Waals surface area contributed by atoms with E-state index >= 15 is 0 Å². The second-order valence-corrected chi connectivity index (χ2v) is 7.62. The van der Waals surface area contributed by atoms with E-state index in [9.17, 15) is 18.0 Å². The van der Waals surface area contributed by atoms with Crippen molar-refractivity contribution in [3.63, 3.8) is 0 Å². The van der Waals surface area contributed by atoms with Crippen LogP contribution in [0, 0.1) is 0 Å². The molecule has 4 nitrogen and oxygen atoms in total. The lowest BCUT2D eigenvalue weighted by molar-refractivity contribution is -0.142. The first-order valence-electron chi connectivity index (χ1n) is 10.0. The third-order valence-corrected chi connectivity index (χ3v) is 5.65. The van der Waals surface area contributed by atoms with E-state index in [1.165, 1.54) is 11.6 Å². The summed E-state index contributed by atoms with van der Waals surface area (Å²) in [7, 11) is 1.36. The molecule has 0 atom stereocenters. The Hall–Kier alpha value is -3.87. The highest BCUT2D eigenvalue weighted by atomic mass is 19.4. The standard InChI is InChI=1S/C25H18F3N3O/c1-30-19-13-7-5-11-17(19)21(23(30)25(26,27)28)22-24(32)31(15-16-9-3-2-4-10-16)20-14-8-6-12-18(20)29-22/h2-14H,15H2,1H3. The molecule has 3 aromatic carbocycles. The van der Waals surface area contributed by atoms with Gasteiger partial charge in [0.15, 0.2) is 0 Å². The minimum absolute atomic E-state index is 0.187. The van der Waals surface area contributed by atoms with Crippen molar-refractivity contribution < 1.29 is 13.2 Å². The van der Waals surface area contributed by atoms with Gasteiger partial charge in [0.05, 0.1) is 17.6 Å². The molecule has 5 aromatic rings. The van der Waals surface area contributed by atoms with Crippen molar-refractivity contribution in [3.8, 4) is 11.3 Å². The molecule has 0 saturated carbocycles. The van der Waals surface area contributed by atoms with E-state index in [1.807, 2.05) is 30.3 Å². The lowest BCUT2D eigenvalue weighted by atomic mass is 10.1. The van der Waals surface area contributed by atoms with Crippen LogP contribution in [-0.2, 0) is 19.8 Å². The summed E-state index contributed by atoms with van der Waals surface area (Å²) < 4.78 is 45.1.